The lowest BCUT2D eigenvalue weighted by Crippen LogP contribution is -2.40. The van der Waals surface area contributed by atoms with E-state index in [-0.39, 0.29) is 6.10 Å². The van der Waals surface area contributed by atoms with Gasteiger partial charge in [-0.05, 0) is 37.5 Å². The number of piperidine rings is 1. The van der Waals surface area contributed by atoms with Crippen LogP contribution in [-0.4, -0.2) is 30.8 Å². The van der Waals surface area contributed by atoms with Gasteiger partial charge in [0, 0.05) is 36.0 Å². The molecule has 1 unspecified atom stereocenters. The van der Waals surface area contributed by atoms with E-state index in [4.69, 9.17) is 34.3 Å². The summed E-state index contributed by atoms with van der Waals surface area (Å²) in [6, 6.07) is 5.67. The zero-order chi connectivity index (χ0) is 14.5. The molecule has 20 heavy (non-hydrogen) atoms. The first kappa shape index (κ1) is 15.5. The fraction of sp³-hybridized carbons (Fsp3) is 0.533. The van der Waals surface area contributed by atoms with Gasteiger partial charge < -0.3 is 15.4 Å². The summed E-state index contributed by atoms with van der Waals surface area (Å²) >= 11 is 11.3. The summed E-state index contributed by atoms with van der Waals surface area (Å²) in [4.78, 5) is 2.69. The van der Waals surface area contributed by atoms with Crippen molar-refractivity contribution in [2.45, 2.75) is 32.3 Å². The maximum atomic E-state index is 6.12. The van der Waals surface area contributed by atoms with Gasteiger partial charge in [0.15, 0.2) is 0 Å². The van der Waals surface area contributed by atoms with Crippen molar-refractivity contribution < 1.29 is 4.74 Å². The lowest BCUT2D eigenvalue weighted by molar-refractivity contribution is 0.0440. The van der Waals surface area contributed by atoms with E-state index in [1.165, 1.54) is 0 Å². The van der Waals surface area contributed by atoms with E-state index in [1.54, 1.807) is 0 Å². The minimum atomic E-state index is 0.280. The van der Waals surface area contributed by atoms with Gasteiger partial charge in [-0.1, -0.05) is 30.7 Å². The topological polar surface area (TPSA) is 38.5 Å². The number of nitrogens with zero attached hydrogens (tertiary/aromatic N) is 1. The van der Waals surface area contributed by atoms with Crippen LogP contribution in [0.1, 0.15) is 31.7 Å². The second-order valence-electron chi connectivity index (χ2n) is 5.11. The fourth-order valence-electron chi connectivity index (χ4n) is 2.55. The highest BCUT2D eigenvalue weighted by Crippen LogP contribution is 2.28. The molecule has 0 radical (unpaired) electrons. The molecule has 5 heteroatoms. The van der Waals surface area contributed by atoms with Crippen molar-refractivity contribution in [2.24, 2.45) is 5.73 Å². The smallest absolute Gasteiger partial charge is 0.106 e. The van der Waals surface area contributed by atoms with Gasteiger partial charge in [0.25, 0.3) is 0 Å². The Morgan fingerprint density at radius 2 is 2.35 bits per heavy atom. The Kier molecular flexibility index (Phi) is 5.64. The lowest BCUT2D eigenvalue weighted by Gasteiger charge is -2.35. The maximum Gasteiger partial charge on any atom is 0.106 e. The van der Waals surface area contributed by atoms with E-state index in [9.17, 15) is 0 Å². The van der Waals surface area contributed by atoms with E-state index >= 15 is 0 Å². The van der Waals surface area contributed by atoms with Crippen molar-refractivity contribution in [3.63, 3.8) is 0 Å². The zero-order valence-corrected chi connectivity index (χ0v) is 13.3. The van der Waals surface area contributed by atoms with Gasteiger partial charge in [0.2, 0.25) is 0 Å². The minimum absolute atomic E-state index is 0.280. The van der Waals surface area contributed by atoms with Crippen molar-refractivity contribution in [3.05, 3.63) is 28.8 Å². The molecule has 0 spiro atoms. The van der Waals surface area contributed by atoms with Gasteiger partial charge in [-0.2, -0.15) is 0 Å². The van der Waals surface area contributed by atoms with Crippen LogP contribution in [0.5, 0.6) is 0 Å². The molecule has 2 N–H and O–H groups in total. The number of benzene rings is 1. The van der Waals surface area contributed by atoms with Crippen LogP contribution in [0.15, 0.2) is 18.2 Å². The molecule has 1 fully saturated rings. The Balaban J connectivity index is 2.17. The molecule has 1 aliphatic heterocycles. The first-order valence-electron chi connectivity index (χ1n) is 7.07. The third-order valence-corrected chi connectivity index (χ3v) is 3.96. The highest BCUT2D eigenvalue weighted by Gasteiger charge is 2.22. The molecular weight excluding hydrogens is 292 g/mol. The number of halogens is 1. The van der Waals surface area contributed by atoms with Crippen LogP contribution in [0, 0.1) is 0 Å². The normalized spacial score (nSPS) is 19.1. The Hall–Kier alpha value is -0.840. The van der Waals surface area contributed by atoms with Crippen LogP contribution in [0.4, 0.5) is 5.69 Å². The molecule has 2 rings (SSSR count). The van der Waals surface area contributed by atoms with Gasteiger partial charge >= 0.3 is 0 Å². The van der Waals surface area contributed by atoms with Gasteiger partial charge in [0.05, 0.1) is 6.10 Å². The lowest BCUT2D eigenvalue weighted by atomic mass is 10.0. The Bertz CT molecular complexity index is 481. The average molecular weight is 313 g/mol. The highest BCUT2D eigenvalue weighted by atomic mass is 35.5. The number of rotatable bonds is 5. The molecular formula is C15H21ClN2OS. The van der Waals surface area contributed by atoms with Crippen molar-refractivity contribution >= 4 is 34.5 Å². The first-order valence-corrected chi connectivity index (χ1v) is 7.86. The minimum Gasteiger partial charge on any atom is -0.389 e. The second-order valence-corrected chi connectivity index (χ2v) is 5.98. The Morgan fingerprint density at radius 3 is 3.05 bits per heavy atom. The maximum absolute atomic E-state index is 6.12. The van der Waals surface area contributed by atoms with Gasteiger partial charge in [-0.3, -0.25) is 0 Å². The molecule has 1 aromatic rings. The van der Waals surface area contributed by atoms with E-state index in [0.717, 1.165) is 50.2 Å². The third kappa shape index (κ3) is 3.84. The molecule has 0 bridgehead atoms. The van der Waals surface area contributed by atoms with Crippen molar-refractivity contribution in [3.8, 4) is 0 Å². The Labute approximate surface area is 131 Å². The first-order chi connectivity index (χ1) is 9.61. The van der Waals surface area contributed by atoms with E-state index in [2.05, 4.69) is 11.8 Å². The Morgan fingerprint density at radius 1 is 1.55 bits per heavy atom. The predicted molar refractivity (Wildman–Crippen MR) is 88.8 cm³/mol. The van der Waals surface area contributed by atoms with E-state index in [1.807, 2.05) is 18.2 Å². The van der Waals surface area contributed by atoms with Crippen molar-refractivity contribution in [1.29, 1.82) is 0 Å². The summed E-state index contributed by atoms with van der Waals surface area (Å²) in [5, 5.41) is 0.705. The highest BCUT2D eigenvalue weighted by molar-refractivity contribution is 7.80. The molecule has 1 aliphatic rings. The third-order valence-electron chi connectivity index (χ3n) is 3.50. The summed E-state index contributed by atoms with van der Waals surface area (Å²) in [7, 11) is 0. The fourth-order valence-corrected chi connectivity index (χ4v) is 2.89. The standard InChI is InChI=1S/C15H21ClN2OS/c1-2-8-19-12-4-3-7-18(10-12)14-9-11(16)5-6-13(14)15(17)20/h5-6,9,12H,2-4,7-8,10H2,1H3,(H2,17,20). The molecule has 1 saturated heterocycles. The van der Waals surface area contributed by atoms with E-state index < -0.39 is 0 Å². The molecule has 0 aliphatic carbocycles. The van der Waals surface area contributed by atoms with Gasteiger partial charge in [0.1, 0.15) is 4.99 Å². The van der Waals surface area contributed by atoms with E-state index in [0.29, 0.717) is 10.0 Å². The quantitative estimate of drug-likeness (QED) is 0.846. The molecule has 0 amide bonds. The van der Waals surface area contributed by atoms with Crippen LogP contribution >= 0.6 is 23.8 Å². The number of hydrogen-bond donors (Lipinski definition) is 1. The summed E-state index contributed by atoms with van der Waals surface area (Å²) in [6.45, 7) is 4.80. The molecule has 1 aromatic carbocycles. The number of anilines is 1. The van der Waals surface area contributed by atoms with Gasteiger partial charge in [-0.15, -0.1) is 0 Å². The molecule has 1 atom stereocenters. The van der Waals surface area contributed by atoms with Crippen molar-refractivity contribution in [1.82, 2.24) is 0 Å². The molecule has 0 aromatic heterocycles. The molecule has 3 nitrogen and oxygen atoms in total. The predicted octanol–water partition coefficient (Wildman–Crippen LogP) is 3.37. The van der Waals surface area contributed by atoms with Crippen LogP contribution < -0.4 is 10.6 Å². The van der Waals surface area contributed by atoms with Crippen molar-refractivity contribution in [2.75, 3.05) is 24.6 Å². The number of ether oxygens (including phenoxy) is 1. The summed E-state index contributed by atoms with van der Waals surface area (Å²) < 4.78 is 5.88. The van der Waals surface area contributed by atoms with Crippen LogP contribution in [0.25, 0.3) is 0 Å². The molecule has 1 heterocycles. The van der Waals surface area contributed by atoms with Crippen LogP contribution in [0.3, 0.4) is 0 Å². The summed E-state index contributed by atoms with van der Waals surface area (Å²) in [5.41, 5.74) is 7.73. The van der Waals surface area contributed by atoms with Crippen LogP contribution in [0.2, 0.25) is 5.02 Å². The monoisotopic (exact) mass is 312 g/mol. The summed E-state index contributed by atoms with van der Waals surface area (Å²) in [5.74, 6) is 0. The summed E-state index contributed by atoms with van der Waals surface area (Å²) in [6.07, 6.45) is 3.55. The van der Waals surface area contributed by atoms with Gasteiger partial charge in [-0.25, -0.2) is 0 Å². The largest absolute Gasteiger partial charge is 0.389 e. The van der Waals surface area contributed by atoms with Crippen LogP contribution in [-0.2, 0) is 4.74 Å². The SMILES string of the molecule is CCCOC1CCCN(c2cc(Cl)ccc2C(N)=S)C1. The number of thiocarbonyl (C=S) groups is 1. The number of hydrogen-bond acceptors (Lipinski definition) is 3. The number of nitrogens with two attached hydrogens (primary N) is 1. The zero-order valence-electron chi connectivity index (χ0n) is 11.8. The molecule has 110 valence electrons. The molecule has 0 saturated carbocycles. The average Bonchev–Trinajstić information content (AvgIpc) is 2.45. The second kappa shape index (κ2) is 7.25.